The van der Waals surface area contributed by atoms with E-state index in [9.17, 15) is 43.8 Å². The molecule has 47 heavy (non-hydrogen) atoms. The highest BCUT2D eigenvalue weighted by atomic mass is 16.4. The van der Waals surface area contributed by atoms with Crippen molar-refractivity contribution in [2.24, 2.45) is 23.7 Å². The summed E-state index contributed by atoms with van der Waals surface area (Å²) in [7, 11) is 0. The van der Waals surface area contributed by atoms with Crippen molar-refractivity contribution in [2.75, 3.05) is 13.1 Å². The smallest absolute Gasteiger partial charge is 0.326 e. The second-order valence-electron chi connectivity index (χ2n) is 13.8. The van der Waals surface area contributed by atoms with E-state index in [2.05, 4.69) is 40.4 Å². The van der Waals surface area contributed by atoms with Crippen molar-refractivity contribution in [3.05, 3.63) is 0 Å². The third kappa shape index (κ3) is 12.7. The van der Waals surface area contributed by atoms with Crippen molar-refractivity contribution in [3.8, 4) is 0 Å². The topological polar surface area (TPSA) is 223 Å². The van der Waals surface area contributed by atoms with Crippen LogP contribution in [0.1, 0.15) is 92.9 Å². The molecule has 15 nitrogen and oxygen atoms in total. The second kappa shape index (κ2) is 18.4. The highest BCUT2D eigenvalue weighted by Crippen LogP contribution is 2.28. The largest absolute Gasteiger partial charge is 0.481 e. The van der Waals surface area contributed by atoms with Gasteiger partial charge in [0.2, 0.25) is 23.6 Å². The molecule has 1 aliphatic carbocycles. The molecular weight excluding hydrogens is 612 g/mol. The van der Waals surface area contributed by atoms with Crippen molar-refractivity contribution >= 4 is 41.6 Å². The molecule has 266 valence electrons. The minimum atomic E-state index is -1.69. The molecule has 7 N–H and O–H groups in total. The lowest BCUT2D eigenvalue weighted by molar-refractivity contribution is -0.144. The van der Waals surface area contributed by atoms with Gasteiger partial charge in [0, 0.05) is 19.1 Å². The second-order valence-corrected chi connectivity index (χ2v) is 13.8. The van der Waals surface area contributed by atoms with Gasteiger partial charge in [0.15, 0.2) is 0 Å². The first-order chi connectivity index (χ1) is 22.0. The van der Waals surface area contributed by atoms with Crippen LogP contribution in [-0.4, -0.2) is 100 Å². The Hall–Kier alpha value is -3.91. The molecule has 15 heteroatoms. The molecule has 0 aromatic heterocycles. The number of carboxylic acids is 2. The highest BCUT2D eigenvalue weighted by molar-refractivity contribution is 5.98. The number of nitrogens with zero attached hydrogens (tertiary/aromatic N) is 1. The van der Waals surface area contributed by atoms with Gasteiger partial charge in [0.25, 0.3) is 0 Å². The first-order valence-corrected chi connectivity index (χ1v) is 16.7. The van der Waals surface area contributed by atoms with Crippen LogP contribution in [0.4, 0.5) is 4.79 Å². The van der Waals surface area contributed by atoms with Gasteiger partial charge in [-0.25, -0.2) is 9.59 Å². The fourth-order valence-corrected chi connectivity index (χ4v) is 6.20. The lowest BCUT2D eigenvalue weighted by Crippen LogP contribution is -2.60. The Morgan fingerprint density at radius 1 is 0.702 bits per heavy atom. The van der Waals surface area contributed by atoms with Crippen LogP contribution in [0.15, 0.2) is 0 Å². The Morgan fingerprint density at radius 2 is 1.21 bits per heavy atom. The number of nitrogens with one attached hydrogen (secondary N) is 5. The Bertz CT molecular complexity index is 1130. The first kappa shape index (κ1) is 39.3. The van der Waals surface area contributed by atoms with Gasteiger partial charge in [-0.05, 0) is 55.8 Å². The molecule has 6 atom stereocenters. The summed E-state index contributed by atoms with van der Waals surface area (Å²) in [4.78, 5) is 91.2. The van der Waals surface area contributed by atoms with Crippen LogP contribution in [0, 0.1) is 23.7 Å². The van der Waals surface area contributed by atoms with Crippen LogP contribution in [0.5, 0.6) is 0 Å². The minimum Gasteiger partial charge on any atom is -0.481 e. The number of carboxylic acid groups (broad SMARTS) is 2. The standard InChI is InChI=1S/C32H54N6O9/c1-17(2)14-23(31(45)46)35-29(43)22(16-25(40)41)33-28(42)21(15-24(39)38-12-7-8-13-38)34-30(44)26(18(3)4)36-32(47)37-27-19(5)10-9-11-20(27)6/h17-23,26-27H,7-16H2,1-6H3,(H,33,42)(H,34,44)(H,35,43)(H,40,41)(H,45,46)(H2,36,37,47)/t19-,20-,21+,22+,23+,26+/m1/s1. The maximum atomic E-state index is 13.6. The van der Waals surface area contributed by atoms with Crippen molar-refractivity contribution in [3.63, 3.8) is 0 Å². The predicted molar refractivity (Wildman–Crippen MR) is 172 cm³/mol. The van der Waals surface area contributed by atoms with E-state index >= 15 is 0 Å². The number of hydrogen-bond acceptors (Lipinski definition) is 7. The number of rotatable bonds is 16. The quantitative estimate of drug-likeness (QED) is 0.126. The lowest BCUT2D eigenvalue weighted by Gasteiger charge is -2.35. The molecule has 0 unspecified atom stereocenters. The molecule has 1 saturated carbocycles. The van der Waals surface area contributed by atoms with Gasteiger partial charge in [0.1, 0.15) is 24.2 Å². The average molecular weight is 667 g/mol. The number of amides is 6. The van der Waals surface area contributed by atoms with Crippen molar-refractivity contribution < 1.29 is 43.8 Å². The Kier molecular flexibility index (Phi) is 15.4. The zero-order valence-corrected chi connectivity index (χ0v) is 28.5. The molecule has 0 aromatic carbocycles. The van der Waals surface area contributed by atoms with Crippen LogP contribution in [-0.2, 0) is 28.8 Å². The van der Waals surface area contributed by atoms with Gasteiger partial charge in [-0.15, -0.1) is 0 Å². The summed E-state index contributed by atoms with van der Waals surface area (Å²) < 4.78 is 0. The maximum absolute atomic E-state index is 13.6. The van der Waals surface area contributed by atoms with E-state index in [1.165, 1.54) is 0 Å². The van der Waals surface area contributed by atoms with E-state index in [1.54, 1.807) is 32.6 Å². The van der Waals surface area contributed by atoms with Crippen LogP contribution in [0.3, 0.4) is 0 Å². The van der Waals surface area contributed by atoms with E-state index in [1.807, 2.05) is 0 Å². The number of urea groups is 1. The van der Waals surface area contributed by atoms with E-state index in [4.69, 9.17) is 0 Å². The lowest BCUT2D eigenvalue weighted by atomic mass is 9.79. The Balaban J connectivity index is 2.25. The fraction of sp³-hybridized carbons (Fsp3) is 0.781. The molecule has 1 aliphatic heterocycles. The van der Waals surface area contributed by atoms with Gasteiger partial charge < -0.3 is 41.7 Å². The molecule has 0 spiro atoms. The van der Waals surface area contributed by atoms with Gasteiger partial charge >= 0.3 is 18.0 Å². The molecular formula is C32H54N6O9. The Labute approximate surface area is 276 Å². The summed E-state index contributed by atoms with van der Waals surface area (Å²) in [6.07, 6.45) is 3.30. The molecule has 6 amide bonds. The zero-order chi connectivity index (χ0) is 35.4. The molecule has 1 saturated heterocycles. The molecule has 2 rings (SSSR count). The van der Waals surface area contributed by atoms with Gasteiger partial charge in [-0.2, -0.15) is 0 Å². The number of carbonyl (C=O) groups is 7. The molecule has 0 bridgehead atoms. The van der Waals surface area contributed by atoms with Crippen LogP contribution < -0.4 is 26.6 Å². The first-order valence-electron chi connectivity index (χ1n) is 16.7. The fourth-order valence-electron chi connectivity index (χ4n) is 6.20. The third-order valence-electron chi connectivity index (χ3n) is 8.88. The highest BCUT2D eigenvalue weighted by Gasteiger charge is 2.36. The molecule has 2 fully saturated rings. The monoisotopic (exact) mass is 666 g/mol. The summed E-state index contributed by atoms with van der Waals surface area (Å²) in [5, 5.41) is 31.8. The van der Waals surface area contributed by atoms with Crippen LogP contribution in [0.25, 0.3) is 0 Å². The van der Waals surface area contributed by atoms with Gasteiger partial charge in [-0.3, -0.25) is 24.0 Å². The number of hydrogen-bond donors (Lipinski definition) is 7. The number of likely N-dealkylation sites (tertiary alicyclic amines) is 1. The Morgan fingerprint density at radius 3 is 1.70 bits per heavy atom. The van der Waals surface area contributed by atoms with Crippen molar-refractivity contribution in [1.82, 2.24) is 31.5 Å². The number of aliphatic carboxylic acids is 2. The van der Waals surface area contributed by atoms with E-state index < -0.39 is 84.5 Å². The van der Waals surface area contributed by atoms with Crippen LogP contribution in [0.2, 0.25) is 0 Å². The average Bonchev–Trinajstić information content (AvgIpc) is 3.51. The van der Waals surface area contributed by atoms with Gasteiger partial charge in [-0.1, -0.05) is 48.0 Å². The number of carbonyl (C=O) groups excluding carboxylic acids is 5. The SMILES string of the molecule is CC(C)C[C@H](NC(=O)[C@H](CC(=O)O)NC(=O)[C@H](CC(=O)N1CCCC1)NC(=O)[C@@H](NC(=O)NC1[C@H](C)CCC[C@H]1C)C(C)C)C(=O)O. The van der Waals surface area contributed by atoms with E-state index in [0.29, 0.717) is 13.1 Å². The zero-order valence-electron chi connectivity index (χ0n) is 28.5. The summed E-state index contributed by atoms with van der Waals surface area (Å²) in [6.45, 7) is 12.0. The molecule has 1 heterocycles. The predicted octanol–water partition coefficient (Wildman–Crippen LogP) is 1.21. The summed E-state index contributed by atoms with van der Waals surface area (Å²) >= 11 is 0. The van der Waals surface area contributed by atoms with Crippen molar-refractivity contribution in [2.45, 2.75) is 123 Å². The summed E-state index contributed by atoms with van der Waals surface area (Å²) in [5.41, 5.74) is 0. The minimum absolute atomic E-state index is 0.0631. The van der Waals surface area contributed by atoms with Crippen molar-refractivity contribution in [1.29, 1.82) is 0 Å². The summed E-state index contributed by atoms with van der Waals surface area (Å²) in [6, 6.07) is -6.24. The van der Waals surface area contributed by atoms with E-state index in [-0.39, 0.29) is 30.2 Å². The van der Waals surface area contributed by atoms with Crippen LogP contribution >= 0.6 is 0 Å². The molecule has 2 aliphatic rings. The van der Waals surface area contributed by atoms with Gasteiger partial charge in [0.05, 0.1) is 12.8 Å². The van der Waals surface area contributed by atoms with E-state index in [0.717, 1.165) is 32.1 Å². The third-order valence-corrected chi connectivity index (χ3v) is 8.88. The molecule has 0 radical (unpaired) electrons. The normalized spacial score (nSPS) is 20.9. The molecule has 0 aromatic rings. The summed E-state index contributed by atoms with van der Waals surface area (Å²) in [5.74, 6) is -5.97. The maximum Gasteiger partial charge on any atom is 0.326 e.